The molecule has 0 saturated carbocycles. The molecule has 3 amide bonds. The monoisotopic (exact) mass is 559 g/mol. The molecule has 0 aliphatic carbocycles. The van der Waals surface area contributed by atoms with Gasteiger partial charge < -0.3 is 15.5 Å². The molecule has 6 rings (SSSR count). The first-order valence-electron chi connectivity index (χ1n) is 14.1. The standard InChI is InChI=1S/C28H33N9O4/c29-26(39)22-3-5-24(33-32-22)36-9-7-18(8-10-36)17-34-11-13-35(14-12-34)20-1-2-21-19(15-20)16-30-37(28(21)41)23-4-6-25(38)31-27(23)40/h1-3,5,15-16,18,23H,4,6-14,17H2,(H2,29,39)(H,31,38,40)/t23-/m1/s1. The Labute approximate surface area is 236 Å². The average Bonchev–Trinajstić information content (AvgIpc) is 2.98. The van der Waals surface area contributed by atoms with Crippen LogP contribution in [0.2, 0.25) is 0 Å². The summed E-state index contributed by atoms with van der Waals surface area (Å²) in [5.41, 5.74) is 6.16. The Morgan fingerprint density at radius 1 is 0.927 bits per heavy atom. The van der Waals surface area contributed by atoms with Crippen LogP contribution < -0.4 is 26.4 Å². The van der Waals surface area contributed by atoms with E-state index < -0.39 is 17.9 Å². The topological polar surface area (TPSA) is 160 Å². The van der Waals surface area contributed by atoms with Crippen molar-refractivity contribution in [1.82, 2.24) is 30.2 Å². The lowest BCUT2D eigenvalue weighted by atomic mass is 9.96. The van der Waals surface area contributed by atoms with Gasteiger partial charge in [0, 0.05) is 63.3 Å². The second-order valence-electron chi connectivity index (χ2n) is 11.0. The molecule has 5 heterocycles. The Hall–Kier alpha value is -4.39. The van der Waals surface area contributed by atoms with Crippen molar-refractivity contribution in [3.05, 3.63) is 52.6 Å². The molecule has 41 heavy (non-hydrogen) atoms. The third kappa shape index (κ3) is 5.62. The van der Waals surface area contributed by atoms with E-state index in [0.29, 0.717) is 11.3 Å². The third-order valence-corrected chi connectivity index (χ3v) is 8.40. The maximum Gasteiger partial charge on any atom is 0.275 e. The number of piperazine rings is 1. The number of aromatic nitrogens is 4. The smallest absolute Gasteiger partial charge is 0.275 e. The minimum Gasteiger partial charge on any atom is -0.369 e. The molecule has 13 heteroatoms. The van der Waals surface area contributed by atoms with Crippen molar-refractivity contribution in [3.63, 3.8) is 0 Å². The van der Waals surface area contributed by atoms with Crippen molar-refractivity contribution in [2.45, 2.75) is 31.7 Å². The summed E-state index contributed by atoms with van der Waals surface area (Å²) in [6.45, 7) is 6.61. The minimum atomic E-state index is -0.770. The molecule has 214 valence electrons. The molecular weight excluding hydrogens is 526 g/mol. The maximum absolute atomic E-state index is 13.1. The van der Waals surface area contributed by atoms with Crippen molar-refractivity contribution < 1.29 is 14.4 Å². The fourth-order valence-electron chi connectivity index (χ4n) is 6.01. The van der Waals surface area contributed by atoms with Crippen molar-refractivity contribution in [2.75, 3.05) is 55.6 Å². The summed E-state index contributed by atoms with van der Waals surface area (Å²) in [5, 5.41) is 15.9. The van der Waals surface area contributed by atoms with Crippen LogP contribution in [0.15, 0.2) is 41.3 Å². The van der Waals surface area contributed by atoms with E-state index in [2.05, 4.69) is 35.3 Å². The van der Waals surface area contributed by atoms with Crippen LogP contribution in [0.25, 0.3) is 10.8 Å². The van der Waals surface area contributed by atoms with Gasteiger partial charge in [-0.15, -0.1) is 10.2 Å². The molecule has 3 fully saturated rings. The van der Waals surface area contributed by atoms with Crippen LogP contribution in [-0.2, 0) is 9.59 Å². The van der Waals surface area contributed by atoms with Crippen molar-refractivity contribution in [1.29, 1.82) is 0 Å². The number of amides is 3. The van der Waals surface area contributed by atoms with Crippen molar-refractivity contribution in [2.24, 2.45) is 11.7 Å². The number of piperidine rings is 2. The maximum atomic E-state index is 13.1. The van der Waals surface area contributed by atoms with E-state index >= 15 is 0 Å². The highest BCUT2D eigenvalue weighted by Gasteiger charge is 2.30. The first kappa shape index (κ1) is 26.8. The van der Waals surface area contributed by atoms with E-state index in [0.717, 1.165) is 75.5 Å². The molecule has 13 nitrogen and oxygen atoms in total. The summed E-state index contributed by atoms with van der Waals surface area (Å²) < 4.78 is 1.19. The van der Waals surface area contributed by atoms with Gasteiger partial charge >= 0.3 is 0 Å². The average molecular weight is 560 g/mol. The van der Waals surface area contributed by atoms with E-state index in [1.807, 2.05) is 24.3 Å². The number of hydrogen-bond acceptors (Lipinski definition) is 10. The predicted molar refractivity (Wildman–Crippen MR) is 152 cm³/mol. The van der Waals surface area contributed by atoms with E-state index in [1.54, 1.807) is 12.3 Å². The van der Waals surface area contributed by atoms with Crippen LogP contribution in [0.4, 0.5) is 11.5 Å². The molecule has 3 saturated heterocycles. The highest BCUT2D eigenvalue weighted by atomic mass is 16.2. The summed E-state index contributed by atoms with van der Waals surface area (Å²) in [7, 11) is 0. The number of nitrogens with two attached hydrogens (primary N) is 1. The lowest BCUT2D eigenvalue weighted by Gasteiger charge is -2.39. The van der Waals surface area contributed by atoms with Crippen LogP contribution in [0.3, 0.4) is 0 Å². The molecule has 0 bridgehead atoms. The van der Waals surface area contributed by atoms with Crippen LogP contribution in [-0.4, -0.2) is 88.4 Å². The van der Waals surface area contributed by atoms with Crippen molar-refractivity contribution >= 4 is 40.0 Å². The zero-order chi connectivity index (χ0) is 28.5. The van der Waals surface area contributed by atoms with Crippen LogP contribution >= 0.6 is 0 Å². The number of carbonyl (C=O) groups is 3. The van der Waals surface area contributed by atoms with Gasteiger partial charge in [0.25, 0.3) is 17.4 Å². The van der Waals surface area contributed by atoms with Gasteiger partial charge in [-0.2, -0.15) is 5.10 Å². The Bertz CT molecular complexity index is 1520. The Morgan fingerprint density at radius 3 is 2.39 bits per heavy atom. The summed E-state index contributed by atoms with van der Waals surface area (Å²) in [4.78, 5) is 55.1. The number of imide groups is 1. The molecule has 3 aliphatic rings. The minimum absolute atomic E-state index is 0.177. The molecule has 0 spiro atoms. The van der Waals surface area contributed by atoms with Crippen LogP contribution in [0, 0.1) is 5.92 Å². The van der Waals surface area contributed by atoms with E-state index in [4.69, 9.17) is 5.73 Å². The third-order valence-electron chi connectivity index (χ3n) is 8.40. The summed E-state index contributed by atoms with van der Waals surface area (Å²) >= 11 is 0. The molecule has 2 aromatic heterocycles. The number of fused-ring (bicyclic) bond motifs is 1. The largest absolute Gasteiger partial charge is 0.369 e. The van der Waals surface area contributed by atoms with Crippen LogP contribution in [0.1, 0.15) is 42.2 Å². The second-order valence-corrected chi connectivity index (χ2v) is 11.0. The highest BCUT2D eigenvalue weighted by Crippen LogP contribution is 2.25. The lowest BCUT2D eigenvalue weighted by molar-refractivity contribution is -0.136. The fraction of sp³-hybridized carbons (Fsp3) is 0.464. The molecule has 0 radical (unpaired) electrons. The number of anilines is 2. The van der Waals surface area contributed by atoms with Gasteiger partial charge in [-0.1, -0.05) is 0 Å². The van der Waals surface area contributed by atoms with Crippen molar-refractivity contribution in [3.8, 4) is 0 Å². The number of hydrogen-bond donors (Lipinski definition) is 2. The van der Waals surface area contributed by atoms with E-state index in [9.17, 15) is 19.2 Å². The van der Waals surface area contributed by atoms with E-state index in [1.165, 1.54) is 4.68 Å². The quantitative estimate of drug-likeness (QED) is 0.402. The van der Waals surface area contributed by atoms with E-state index in [-0.39, 0.29) is 30.0 Å². The van der Waals surface area contributed by atoms with Gasteiger partial charge in [0.15, 0.2) is 11.5 Å². The van der Waals surface area contributed by atoms with Gasteiger partial charge in [0.05, 0.1) is 11.6 Å². The Morgan fingerprint density at radius 2 is 1.71 bits per heavy atom. The zero-order valence-electron chi connectivity index (χ0n) is 22.7. The SMILES string of the molecule is NC(=O)c1ccc(N2CCC(CN3CCN(c4ccc5c(=O)n([C@@H]6CCC(=O)NC6=O)ncc5c4)CC3)CC2)nn1. The van der Waals surface area contributed by atoms with Gasteiger partial charge in [0.2, 0.25) is 5.91 Å². The number of nitrogens with zero attached hydrogens (tertiary/aromatic N) is 7. The van der Waals surface area contributed by atoms with Gasteiger partial charge in [-0.3, -0.25) is 29.4 Å². The number of benzene rings is 1. The number of rotatable bonds is 6. The zero-order valence-corrected chi connectivity index (χ0v) is 22.7. The molecule has 3 aliphatic heterocycles. The van der Waals surface area contributed by atoms with Gasteiger partial charge in [-0.05, 0) is 55.5 Å². The molecule has 3 N–H and O–H groups in total. The second kappa shape index (κ2) is 11.2. The predicted octanol–water partition coefficient (Wildman–Crippen LogP) is 0.302. The Kier molecular flexibility index (Phi) is 7.35. The first-order valence-corrected chi connectivity index (χ1v) is 14.1. The normalized spacial score (nSPS) is 20.8. The summed E-state index contributed by atoms with van der Waals surface area (Å²) in [6.07, 6.45) is 4.24. The molecule has 3 aromatic rings. The van der Waals surface area contributed by atoms with Gasteiger partial charge in [-0.25, -0.2) is 4.68 Å². The number of nitrogens with one attached hydrogen (secondary N) is 1. The lowest BCUT2D eigenvalue weighted by Crippen LogP contribution is -2.49. The number of primary amides is 1. The summed E-state index contributed by atoms with van der Waals surface area (Å²) in [6, 6.07) is 8.42. The molecule has 1 atom stereocenters. The number of carbonyl (C=O) groups excluding carboxylic acids is 3. The van der Waals surface area contributed by atoms with Crippen LogP contribution in [0.5, 0.6) is 0 Å². The Balaban J connectivity index is 1.02. The fourth-order valence-corrected chi connectivity index (χ4v) is 6.01. The first-order chi connectivity index (χ1) is 19.9. The summed E-state index contributed by atoms with van der Waals surface area (Å²) in [5.74, 6) is 0.0187. The molecule has 1 aromatic carbocycles. The molecule has 0 unspecified atom stereocenters. The molecular formula is C28H33N9O4. The van der Waals surface area contributed by atoms with Gasteiger partial charge in [0.1, 0.15) is 6.04 Å². The highest BCUT2D eigenvalue weighted by molar-refractivity contribution is 5.99.